The fourth-order valence-corrected chi connectivity index (χ4v) is 3.29. The van der Waals surface area contributed by atoms with E-state index >= 15 is 0 Å². The summed E-state index contributed by atoms with van der Waals surface area (Å²) in [5.41, 5.74) is 2.41. The van der Waals surface area contributed by atoms with Crippen LogP contribution < -0.4 is 10.1 Å². The van der Waals surface area contributed by atoms with Crippen LogP contribution in [-0.2, 0) is 9.53 Å². The number of nitrogens with zero attached hydrogens (tertiary/aromatic N) is 1. The van der Waals surface area contributed by atoms with Gasteiger partial charge in [0.25, 0.3) is 5.91 Å². The smallest absolute Gasteiger partial charge is 0.258 e. The third-order valence-electron chi connectivity index (χ3n) is 4.64. The maximum atomic E-state index is 12.3. The van der Waals surface area contributed by atoms with Crippen LogP contribution in [0.5, 0.6) is 5.75 Å². The van der Waals surface area contributed by atoms with Gasteiger partial charge in [-0.1, -0.05) is 53.6 Å². The molecule has 0 bridgehead atoms. The van der Waals surface area contributed by atoms with Gasteiger partial charge in [0.15, 0.2) is 6.61 Å². The van der Waals surface area contributed by atoms with Crippen LogP contribution >= 0.6 is 11.6 Å². The molecule has 1 amide bonds. The lowest BCUT2D eigenvalue weighted by atomic mass is 10.0. The minimum atomic E-state index is -0.166. The maximum Gasteiger partial charge on any atom is 0.258 e. The van der Waals surface area contributed by atoms with E-state index < -0.39 is 0 Å². The molecule has 1 aliphatic heterocycles. The predicted octanol–water partition coefficient (Wildman–Crippen LogP) is 3.22. The molecule has 1 atom stereocenters. The largest absolute Gasteiger partial charge is 0.482 e. The van der Waals surface area contributed by atoms with E-state index in [-0.39, 0.29) is 18.6 Å². The number of hydrogen-bond acceptors (Lipinski definition) is 4. The molecule has 0 spiro atoms. The number of carbonyl (C=O) groups is 1. The molecule has 2 aromatic rings. The highest BCUT2D eigenvalue weighted by molar-refractivity contribution is 6.32. The van der Waals surface area contributed by atoms with Gasteiger partial charge in [-0.3, -0.25) is 9.69 Å². The van der Waals surface area contributed by atoms with Gasteiger partial charge in [0.05, 0.1) is 24.3 Å². The molecule has 1 aliphatic rings. The second-order valence-corrected chi connectivity index (χ2v) is 7.01. The van der Waals surface area contributed by atoms with E-state index in [0.29, 0.717) is 30.5 Å². The van der Waals surface area contributed by atoms with Crippen molar-refractivity contribution in [3.63, 3.8) is 0 Å². The standard InChI is InChI=1S/C21H25ClN2O3/c1-16-6-8-17(9-7-16)19(24-10-12-26-13-11-24)14-23-21(25)15-27-20-5-3-2-4-18(20)22/h2-9,19H,10-15H2,1H3,(H,23,25). The van der Waals surface area contributed by atoms with Crippen molar-refractivity contribution in [2.24, 2.45) is 0 Å². The second-order valence-electron chi connectivity index (χ2n) is 6.60. The zero-order valence-electron chi connectivity index (χ0n) is 15.5. The Morgan fingerprint density at radius 3 is 2.59 bits per heavy atom. The Morgan fingerprint density at radius 2 is 1.89 bits per heavy atom. The van der Waals surface area contributed by atoms with Gasteiger partial charge in [-0.05, 0) is 24.6 Å². The van der Waals surface area contributed by atoms with E-state index in [9.17, 15) is 4.79 Å². The minimum Gasteiger partial charge on any atom is -0.482 e. The first-order valence-electron chi connectivity index (χ1n) is 9.16. The summed E-state index contributed by atoms with van der Waals surface area (Å²) in [4.78, 5) is 14.6. The van der Waals surface area contributed by atoms with Crippen molar-refractivity contribution in [3.05, 3.63) is 64.7 Å². The molecule has 2 aromatic carbocycles. The van der Waals surface area contributed by atoms with Gasteiger partial charge in [-0.2, -0.15) is 0 Å². The van der Waals surface area contributed by atoms with Crippen molar-refractivity contribution in [1.82, 2.24) is 10.2 Å². The lowest BCUT2D eigenvalue weighted by Gasteiger charge is -2.35. The zero-order valence-corrected chi connectivity index (χ0v) is 16.2. The lowest BCUT2D eigenvalue weighted by molar-refractivity contribution is -0.123. The monoisotopic (exact) mass is 388 g/mol. The third-order valence-corrected chi connectivity index (χ3v) is 4.95. The molecule has 1 unspecified atom stereocenters. The van der Waals surface area contributed by atoms with Gasteiger partial charge in [0.1, 0.15) is 5.75 Å². The molecule has 1 saturated heterocycles. The highest BCUT2D eigenvalue weighted by Gasteiger charge is 2.23. The Labute approximate surface area is 165 Å². The predicted molar refractivity (Wildman–Crippen MR) is 106 cm³/mol. The number of amides is 1. The van der Waals surface area contributed by atoms with E-state index in [1.165, 1.54) is 11.1 Å². The van der Waals surface area contributed by atoms with Crippen LogP contribution in [0, 0.1) is 6.92 Å². The number of para-hydroxylation sites is 1. The number of ether oxygens (including phenoxy) is 2. The van der Waals surface area contributed by atoms with Gasteiger partial charge < -0.3 is 14.8 Å². The molecule has 0 aromatic heterocycles. The van der Waals surface area contributed by atoms with E-state index in [0.717, 1.165) is 13.1 Å². The number of nitrogens with one attached hydrogen (secondary N) is 1. The third kappa shape index (κ3) is 5.70. The van der Waals surface area contributed by atoms with E-state index in [2.05, 4.69) is 41.4 Å². The number of aryl methyl sites for hydroxylation is 1. The van der Waals surface area contributed by atoms with Crippen molar-refractivity contribution in [2.75, 3.05) is 39.5 Å². The Kier molecular flexibility index (Phi) is 7.10. The van der Waals surface area contributed by atoms with Crippen LogP contribution in [0.2, 0.25) is 5.02 Å². The van der Waals surface area contributed by atoms with Gasteiger partial charge in [0, 0.05) is 19.6 Å². The Hall–Kier alpha value is -2.08. The SMILES string of the molecule is Cc1ccc(C(CNC(=O)COc2ccccc2Cl)N2CCOCC2)cc1. The average Bonchev–Trinajstić information content (AvgIpc) is 2.69. The number of halogens is 1. The van der Waals surface area contributed by atoms with Crippen molar-refractivity contribution in [3.8, 4) is 5.75 Å². The summed E-state index contributed by atoms with van der Waals surface area (Å²) < 4.78 is 11.0. The topological polar surface area (TPSA) is 50.8 Å². The van der Waals surface area contributed by atoms with E-state index in [4.69, 9.17) is 21.1 Å². The normalized spacial score (nSPS) is 15.9. The van der Waals surface area contributed by atoms with E-state index in [1.54, 1.807) is 12.1 Å². The molecular formula is C21H25ClN2O3. The highest BCUT2D eigenvalue weighted by Crippen LogP contribution is 2.23. The van der Waals surface area contributed by atoms with Crippen molar-refractivity contribution in [1.29, 1.82) is 0 Å². The Morgan fingerprint density at radius 1 is 1.19 bits per heavy atom. The molecule has 1 heterocycles. The second kappa shape index (κ2) is 9.74. The summed E-state index contributed by atoms with van der Waals surface area (Å²) in [5.74, 6) is 0.345. The summed E-state index contributed by atoms with van der Waals surface area (Å²) >= 11 is 6.05. The number of benzene rings is 2. The molecule has 6 heteroatoms. The summed E-state index contributed by atoms with van der Waals surface area (Å²) in [7, 11) is 0. The molecule has 27 heavy (non-hydrogen) atoms. The molecule has 0 aliphatic carbocycles. The zero-order chi connectivity index (χ0) is 19.1. The van der Waals surface area contributed by atoms with Crippen LogP contribution in [-0.4, -0.2) is 50.3 Å². The summed E-state index contributed by atoms with van der Waals surface area (Å²) in [6.07, 6.45) is 0. The molecule has 5 nitrogen and oxygen atoms in total. The van der Waals surface area contributed by atoms with Crippen molar-refractivity contribution < 1.29 is 14.3 Å². The van der Waals surface area contributed by atoms with Crippen LogP contribution in [0.4, 0.5) is 0 Å². The number of hydrogen-bond donors (Lipinski definition) is 1. The van der Waals surface area contributed by atoms with Gasteiger partial charge in [0.2, 0.25) is 0 Å². The quantitative estimate of drug-likeness (QED) is 0.791. The number of morpholine rings is 1. The number of carbonyl (C=O) groups excluding carboxylic acids is 1. The van der Waals surface area contributed by atoms with Crippen LogP contribution in [0.25, 0.3) is 0 Å². The first-order valence-corrected chi connectivity index (χ1v) is 9.53. The van der Waals surface area contributed by atoms with Crippen LogP contribution in [0.1, 0.15) is 17.2 Å². The Bertz CT molecular complexity index is 745. The fourth-order valence-electron chi connectivity index (χ4n) is 3.10. The molecule has 1 N–H and O–H groups in total. The number of rotatable bonds is 7. The van der Waals surface area contributed by atoms with Gasteiger partial charge >= 0.3 is 0 Å². The Balaban J connectivity index is 1.59. The minimum absolute atomic E-state index is 0.0620. The molecule has 0 saturated carbocycles. The summed E-state index contributed by atoms with van der Waals surface area (Å²) in [5, 5.41) is 3.49. The van der Waals surface area contributed by atoms with Crippen LogP contribution in [0.15, 0.2) is 48.5 Å². The van der Waals surface area contributed by atoms with Crippen LogP contribution in [0.3, 0.4) is 0 Å². The van der Waals surface area contributed by atoms with Crippen molar-refractivity contribution >= 4 is 17.5 Å². The molecule has 1 fully saturated rings. The molecular weight excluding hydrogens is 364 g/mol. The average molecular weight is 389 g/mol. The first-order chi connectivity index (χ1) is 13.1. The van der Waals surface area contributed by atoms with Gasteiger partial charge in [-0.25, -0.2) is 0 Å². The van der Waals surface area contributed by atoms with Gasteiger partial charge in [-0.15, -0.1) is 0 Å². The summed E-state index contributed by atoms with van der Waals surface area (Å²) in [6.45, 7) is 5.66. The molecule has 3 rings (SSSR count). The first kappa shape index (κ1) is 19.7. The van der Waals surface area contributed by atoms with E-state index in [1.807, 2.05) is 12.1 Å². The fraction of sp³-hybridized carbons (Fsp3) is 0.381. The molecule has 144 valence electrons. The summed E-state index contributed by atoms with van der Waals surface area (Å²) in [6, 6.07) is 15.7. The lowest BCUT2D eigenvalue weighted by Crippen LogP contribution is -2.44. The highest BCUT2D eigenvalue weighted by atomic mass is 35.5. The molecule has 0 radical (unpaired) electrons. The maximum absolute atomic E-state index is 12.3. The van der Waals surface area contributed by atoms with Crippen molar-refractivity contribution in [2.45, 2.75) is 13.0 Å².